The number of hydrogen-bond donors (Lipinski definition) is 0. The quantitative estimate of drug-likeness (QED) is 0.0818. The van der Waals surface area contributed by atoms with E-state index in [1.807, 2.05) is 0 Å². The van der Waals surface area contributed by atoms with Crippen molar-refractivity contribution in [1.82, 2.24) is 0 Å². The lowest BCUT2D eigenvalue weighted by molar-refractivity contribution is -0.190. The zero-order chi connectivity index (χ0) is 25.9. The van der Waals surface area contributed by atoms with Crippen molar-refractivity contribution in [3.8, 4) is 0 Å². The highest BCUT2D eigenvalue weighted by Crippen LogP contribution is 2.33. The van der Waals surface area contributed by atoms with Crippen LogP contribution in [0.4, 0.5) is 0 Å². The zero-order valence-electron chi connectivity index (χ0n) is 23.2. The minimum absolute atomic E-state index is 0.0578. The summed E-state index contributed by atoms with van der Waals surface area (Å²) in [4.78, 5) is 36.1. The van der Waals surface area contributed by atoms with Crippen molar-refractivity contribution >= 4 is 18.2 Å². The summed E-state index contributed by atoms with van der Waals surface area (Å²) in [5.74, 6) is -0.483. The summed E-state index contributed by atoms with van der Waals surface area (Å²) in [5, 5.41) is 0. The van der Waals surface area contributed by atoms with Crippen molar-refractivity contribution < 1.29 is 23.9 Å². The number of carbonyl (C=O) groups excluding carboxylic acids is 3. The molecule has 0 aromatic heterocycles. The van der Waals surface area contributed by atoms with Crippen LogP contribution < -0.4 is 0 Å². The predicted molar refractivity (Wildman–Crippen MR) is 142 cm³/mol. The summed E-state index contributed by atoms with van der Waals surface area (Å²) in [6, 6.07) is 0. The average Bonchev–Trinajstić information content (AvgIpc) is 2.81. The van der Waals surface area contributed by atoms with Gasteiger partial charge in [-0.05, 0) is 31.6 Å². The van der Waals surface area contributed by atoms with Gasteiger partial charge in [0.05, 0.1) is 11.8 Å². The highest BCUT2D eigenvalue weighted by atomic mass is 16.6. The molecule has 0 aromatic rings. The first kappa shape index (κ1) is 31.6. The molecule has 1 heterocycles. The molecule has 204 valence electrons. The van der Waals surface area contributed by atoms with E-state index in [1.165, 1.54) is 57.8 Å². The Balaban J connectivity index is 2.58. The molecule has 0 radical (unpaired) electrons. The Kier molecular flexibility index (Phi) is 17.9. The third-order valence-electron chi connectivity index (χ3n) is 7.27. The van der Waals surface area contributed by atoms with Crippen molar-refractivity contribution in [2.24, 2.45) is 17.8 Å². The highest BCUT2D eigenvalue weighted by Gasteiger charge is 2.43. The third kappa shape index (κ3) is 14.1. The van der Waals surface area contributed by atoms with Crippen molar-refractivity contribution in [2.45, 2.75) is 155 Å². The second kappa shape index (κ2) is 19.8. The molecule has 0 aromatic carbocycles. The number of cyclic esters (lactones) is 1. The summed E-state index contributed by atoms with van der Waals surface area (Å²) in [7, 11) is 0. The lowest BCUT2D eigenvalue weighted by Gasteiger charge is -2.37. The molecule has 1 aliphatic rings. The van der Waals surface area contributed by atoms with Crippen LogP contribution in [0.15, 0.2) is 0 Å². The SMILES string of the molecule is CCCCCCCCCCCC(CC1OC(=O)C1CCCCCC)OC(=O)C(CC=O)CC(C)C. The van der Waals surface area contributed by atoms with Crippen LogP contribution >= 0.6 is 0 Å². The zero-order valence-corrected chi connectivity index (χ0v) is 23.2. The van der Waals surface area contributed by atoms with Crippen molar-refractivity contribution in [2.75, 3.05) is 0 Å². The van der Waals surface area contributed by atoms with Crippen molar-refractivity contribution in [3.05, 3.63) is 0 Å². The van der Waals surface area contributed by atoms with E-state index in [-0.39, 0.29) is 42.4 Å². The molecule has 0 bridgehead atoms. The van der Waals surface area contributed by atoms with Gasteiger partial charge in [0.2, 0.25) is 0 Å². The number of carbonyl (C=O) groups is 3. The molecule has 35 heavy (non-hydrogen) atoms. The summed E-state index contributed by atoms with van der Waals surface area (Å²) in [6.07, 6.45) is 19.3. The Morgan fingerprint density at radius 2 is 1.49 bits per heavy atom. The largest absolute Gasteiger partial charge is 0.462 e. The Bertz CT molecular complexity index is 573. The van der Waals surface area contributed by atoms with Crippen LogP contribution in [0.1, 0.15) is 143 Å². The van der Waals surface area contributed by atoms with E-state index in [4.69, 9.17) is 9.47 Å². The molecule has 4 unspecified atom stereocenters. The van der Waals surface area contributed by atoms with Crippen LogP contribution in [-0.4, -0.2) is 30.4 Å². The van der Waals surface area contributed by atoms with Crippen molar-refractivity contribution in [1.29, 1.82) is 0 Å². The van der Waals surface area contributed by atoms with Crippen LogP contribution in [0, 0.1) is 17.8 Å². The molecular weight excluding hydrogens is 440 g/mol. The van der Waals surface area contributed by atoms with Gasteiger partial charge in [-0.1, -0.05) is 105 Å². The maximum absolute atomic E-state index is 12.9. The average molecular weight is 495 g/mol. The molecule has 5 nitrogen and oxygen atoms in total. The molecule has 0 saturated carbocycles. The Labute approximate surface area is 215 Å². The number of aldehydes is 1. The Morgan fingerprint density at radius 3 is 2.03 bits per heavy atom. The maximum atomic E-state index is 12.9. The first-order valence-electron chi connectivity index (χ1n) is 14.8. The highest BCUT2D eigenvalue weighted by molar-refractivity contribution is 5.78. The van der Waals surface area contributed by atoms with E-state index in [0.717, 1.165) is 44.8 Å². The van der Waals surface area contributed by atoms with Gasteiger partial charge in [0, 0.05) is 12.8 Å². The predicted octanol–water partition coefficient (Wildman–Crippen LogP) is 7.97. The third-order valence-corrected chi connectivity index (χ3v) is 7.27. The van der Waals surface area contributed by atoms with Crippen LogP contribution in [0.5, 0.6) is 0 Å². The molecule has 0 spiro atoms. The first-order chi connectivity index (χ1) is 16.9. The number of ether oxygens (including phenoxy) is 2. The summed E-state index contributed by atoms with van der Waals surface area (Å²) in [6.45, 7) is 8.54. The number of hydrogen-bond acceptors (Lipinski definition) is 5. The monoisotopic (exact) mass is 494 g/mol. The molecule has 0 amide bonds. The fourth-order valence-electron chi connectivity index (χ4n) is 5.11. The standard InChI is InChI=1S/C30H54O5/c1-5-7-9-11-12-13-14-15-16-18-26(34-29(32)25(20-21-31)22-24(3)4)23-28-27(30(33)35-28)19-17-10-8-6-2/h21,24-28H,5-20,22-23H2,1-4H3. The van der Waals surface area contributed by atoms with Gasteiger partial charge in [0.15, 0.2) is 0 Å². The number of esters is 2. The molecule has 1 aliphatic heterocycles. The van der Waals surface area contributed by atoms with Crippen LogP contribution in [0.2, 0.25) is 0 Å². The van der Waals surface area contributed by atoms with E-state index >= 15 is 0 Å². The molecule has 4 atom stereocenters. The Morgan fingerprint density at radius 1 is 0.914 bits per heavy atom. The van der Waals surface area contributed by atoms with Crippen LogP contribution in [0.25, 0.3) is 0 Å². The molecule has 0 aliphatic carbocycles. The number of rotatable bonds is 23. The van der Waals surface area contributed by atoms with Gasteiger partial charge in [0.25, 0.3) is 0 Å². The molecule has 0 N–H and O–H groups in total. The van der Waals surface area contributed by atoms with Gasteiger partial charge >= 0.3 is 11.9 Å². The summed E-state index contributed by atoms with van der Waals surface area (Å²) < 4.78 is 11.5. The van der Waals surface area contributed by atoms with E-state index in [0.29, 0.717) is 18.8 Å². The fourth-order valence-corrected chi connectivity index (χ4v) is 5.11. The van der Waals surface area contributed by atoms with Gasteiger partial charge in [-0.2, -0.15) is 0 Å². The minimum Gasteiger partial charge on any atom is -0.462 e. The second-order valence-corrected chi connectivity index (χ2v) is 11.1. The van der Waals surface area contributed by atoms with Gasteiger partial charge in [-0.25, -0.2) is 0 Å². The van der Waals surface area contributed by atoms with Crippen LogP contribution in [0.3, 0.4) is 0 Å². The van der Waals surface area contributed by atoms with Gasteiger partial charge < -0.3 is 14.3 Å². The normalized spacial score (nSPS) is 19.2. The fraction of sp³-hybridized carbons (Fsp3) is 0.900. The summed E-state index contributed by atoms with van der Waals surface area (Å²) in [5.41, 5.74) is 0. The number of unbranched alkanes of at least 4 members (excludes halogenated alkanes) is 11. The van der Waals surface area contributed by atoms with Gasteiger partial charge in [-0.15, -0.1) is 0 Å². The molecule has 1 saturated heterocycles. The first-order valence-corrected chi connectivity index (χ1v) is 14.8. The van der Waals surface area contributed by atoms with E-state index in [1.54, 1.807) is 0 Å². The minimum atomic E-state index is -0.382. The topological polar surface area (TPSA) is 69.7 Å². The lowest BCUT2D eigenvalue weighted by atomic mass is 9.86. The second-order valence-electron chi connectivity index (χ2n) is 11.1. The Hall–Kier alpha value is -1.39. The van der Waals surface area contributed by atoms with E-state index < -0.39 is 0 Å². The lowest BCUT2D eigenvalue weighted by Crippen LogP contribution is -2.47. The molecule has 1 rings (SSSR count). The molecule has 5 heteroatoms. The van der Waals surface area contributed by atoms with Crippen LogP contribution in [-0.2, 0) is 23.9 Å². The van der Waals surface area contributed by atoms with Crippen molar-refractivity contribution in [3.63, 3.8) is 0 Å². The van der Waals surface area contributed by atoms with E-state index in [9.17, 15) is 14.4 Å². The van der Waals surface area contributed by atoms with Gasteiger partial charge in [0.1, 0.15) is 18.5 Å². The van der Waals surface area contributed by atoms with Gasteiger partial charge in [-0.3, -0.25) is 9.59 Å². The maximum Gasteiger partial charge on any atom is 0.313 e. The van der Waals surface area contributed by atoms with E-state index in [2.05, 4.69) is 27.7 Å². The summed E-state index contributed by atoms with van der Waals surface area (Å²) >= 11 is 0. The smallest absolute Gasteiger partial charge is 0.313 e. The molecular formula is C30H54O5. The molecule has 1 fully saturated rings.